The lowest BCUT2D eigenvalue weighted by Gasteiger charge is -2.17. The summed E-state index contributed by atoms with van der Waals surface area (Å²) in [5.74, 6) is 0.845. The average molecular weight is 307 g/mol. The number of benzene rings is 1. The second-order valence-electron chi connectivity index (χ2n) is 5.17. The Hall–Kier alpha value is -1.27. The van der Waals surface area contributed by atoms with Gasteiger partial charge in [0.15, 0.2) is 5.09 Å². The number of nitrogens with zero attached hydrogens (tertiary/aromatic N) is 1. The summed E-state index contributed by atoms with van der Waals surface area (Å²) in [6.07, 6.45) is -0.716. The van der Waals surface area contributed by atoms with Crippen LogP contribution in [0.1, 0.15) is 11.3 Å². The van der Waals surface area contributed by atoms with Crippen LogP contribution in [0.5, 0.6) is 0 Å². The SMILES string of the molecule is Cc1ccc(Sc2ccc(CN(C)C[C@@H](O)CO)o2)cc1. The molecule has 2 rings (SSSR count). The van der Waals surface area contributed by atoms with Crippen molar-refractivity contribution in [1.82, 2.24) is 4.90 Å². The Labute approximate surface area is 129 Å². The summed E-state index contributed by atoms with van der Waals surface area (Å²) >= 11 is 1.59. The molecule has 21 heavy (non-hydrogen) atoms. The number of hydrogen-bond acceptors (Lipinski definition) is 5. The number of aliphatic hydroxyl groups excluding tert-OH is 2. The van der Waals surface area contributed by atoms with Crippen molar-refractivity contribution >= 4 is 11.8 Å². The fraction of sp³-hybridized carbons (Fsp3) is 0.375. The van der Waals surface area contributed by atoms with E-state index in [1.807, 2.05) is 24.1 Å². The Morgan fingerprint density at radius 2 is 1.90 bits per heavy atom. The van der Waals surface area contributed by atoms with Gasteiger partial charge in [0.1, 0.15) is 5.76 Å². The molecule has 0 spiro atoms. The van der Waals surface area contributed by atoms with Crippen LogP contribution in [0.25, 0.3) is 0 Å². The maximum atomic E-state index is 9.40. The van der Waals surface area contributed by atoms with E-state index >= 15 is 0 Å². The molecule has 2 N–H and O–H groups in total. The monoisotopic (exact) mass is 307 g/mol. The summed E-state index contributed by atoms with van der Waals surface area (Å²) < 4.78 is 5.78. The van der Waals surface area contributed by atoms with Crippen molar-refractivity contribution in [3.8, 4) is 0 Å². The topological polar surface area (TPSA) is 56.8 Å². The van der Waals surface area contributed by atoms with Gasteiger partial charge in [0.05, 0.1) is 19.3 Å². The minimum absolute atomic E-state index is 0.225. The van der Waals surface area contributed by atoms with E-state index in [4.69, 9.17) is 9.52 Å². The first-order valence-corrected chi connectivity index (χ1v) is 7.69. The molecule has 0 aliphatic carbocycles. The Morgan fingerprint density at radius 3 is 2.57 bits per heavy atom. The average Bonchev–Trinajstić information content (AvgIpc) is 2.88. The van der Waals surface area contributed by atoms with Crippen LogP contribution in [0.15, 0.2) is 50.8 Å². The first-order chi connectivity index (χ1) is 10.1. The van der Waals surface area contributed by atoms with Crippen LogP contribution < -0.4 is 0 Å². The van der Waals surface area contributed by atoms with E-state index in [2.05, 4.69) is 31.2 Å². The molecule has 0 amide bonds. The third kappa shape index (κ3) is 5.21. The predicted octanol–water partition coefficient (Wildman–Crippen LogP) is 2.52. The molecular formula is C16H21NO3S. The van der Waals surface area contributed by atoms with Crippen LogP contribution in [0.2, 0.25) is 0 Å². The second kappa shape index (κ2) is 7.66. The van der Waals surface area contributed by atoms with Gasteiger partial charge in [-0.15, -0.1) is 0 Å². The van der Waals surface area contributed by atoms with Crippen LogP contribution in [0, 0.1) is 6.92 Å². The van der Waals surface area contributed by atoms with Crippen molar-refractivity contribution in [3.05, 3.63) is 47.7 Å². The highest BCUT2D eigenvalue weighted by Gasteiger charge is 2.10. The Bertz CT molecular complexity index is 553. The first-order valence-electron chi connectivity index (χ1n) is 6.87. The van der Waals surface area contributed by atoms with Gasteiger partial charge >= 0.3 is 0 Å². The molecule has 114 valence electrons. The van der Waals surface area contributed by atoms with E-state index < -0.39 is 6.10 Å². The maximum absolute atomic E-state index is 9.40. The zero-order chi connectivity index (χ0) is 15.2. The van der Waals surface area contributed by atoms with Crippen LogP contribution >= 0.6 is 11.8 Å². The largest absolute Gasteiger partial charge is 0.453 e. The number of furan rings is 1. The van der Waals surface area contributed by atoms with Crippen LogP contribution in [-0.4, -0.2) is 41.4 Å². The van der Waals surface area contributed by atoms with Gasteiger partial charge in [-0.05, 0) is 38.2 Å². The summed E-state index contributed by atoms with van der Waals surface area (Å²) in [4.78, 5) is 3.06. The molecule has 1 heterocycles. The van der Waals surface area contributed by atoms with Crippen LogP contribution in [0.3, 0.4) is 0 Å². The number of hydrogen-bond donors (Lipinski definition) is 2. The molecule has 0 unspecified atom stereocenters. The lowest BCUT2D eigenvalue weighted by molar-refractivity contribution is 0.0628. The normalized spacial score (nSPS) is 12.8. The minimum atomic E-state index is -0.716. The molecule has 5 heteroatoms. The standard InChI is InChI=1S/C16H21NO3S/c1-12-3-6-15(7-4-12)21-16-8-5-14(20-16)10-17(2)9-13(19)11-18/h3-8,13,18-19H,9-11H2,1-2H3/t13-/m1/s1. The van der Waals surface area contributed by atoms with Crippen LogP contribution in [-0.2, 0) is 6.54 Å². The first kappa shape index (κ1) is 16.1. The van der Waals surface area contributed by atoms with Crippen molar-refractivity contribution in [2.45, 2.75) is 29.6 Å². The van der Waals surface area contributed by atoms with Gasteiger partial charge in [0.2, 0.25) is 0 Å². The lowest BCUT2D eigenvalue weighted by Crippen LogP contribution is -2.30. The van der Waals surface area contributed by atoms with E-state index in [9.17, 15) is 5.11 Å². The molecule has 1 aromatic carbocycles. The van der Waals surface area contributed by atoms with Crippen molar-refractivity contribution in [2.75, 3.05) is 20.2 Å². The minimum Gasteiger partial charge on any atom is -0.453 e. The summed E-state index contributed by atoms with van der Waals surface area (Å²) in [6, 6.07) is 12.2. The van der Waals surface area contributed by atoms with Gasteiger partial charge in [-0.2, -0.15) is 0 Å². The predicted molar refractivity (Wildman–Crippen MR) is 83.4 cm³/mol. The van der Waals surface area contributed by atoms with E-state index in [0.29, 0.717) is 13.1 Å². The highest BCUT2D eigenvalue weighted by atomic mass is 32.2. The van der Waals surface area contributed by atoms with Gasteiger partial charge in [0, 0.05) is 11.4 Å². The number of aliphatic hydroxyl groups is 2. The zero-order valence-electron chi connectivity index (χ0n) is 12.3. The molecule has 4 nitrogen and oxygen atoms in total. The Morgan fingerprint density at radius 1 is 1.19 bits per heavy atom. The van der Waals surface area contributed by atoms with Gasteiger partial charge in [-0.3, -0.25) is 4.90 Å². The fourth-order valence-electron chi connectivity index (χ4n) is 1.97. The van der Waals surface area contributed by atoms with Gasteiger partial charge in [-0.1, -0.05) is 29.5 Å². The summed E-state index contributed by atoms with van der Waals surface area (Å²) in [5.41, 5.74) is 1.24. The highest BCUT2D eigenvalue weighted by molar-refractivity contribution is 7.99. The van der Waals surface area contributed by atoms with Crippen molar-refractivity contribution in [2.24, 2.45) is 0 Å². The molecule has 1 aromatic heterocycles. The maximum Gasteiger partial charge on any atom is 0.165 e. The van der Waals surface area contributed by atoms with Crippen molar-refractivity contribution in [3.63, 3.8) is 0 Å². The summed E-state index contributed by atoms with van der Waals surface area (Å²) in [6.45, 7) is 2.86. The number of aryl methyl sites for hydroxylation is 1. The quantitative estimate of drug-likeness (QED) is 0.823. The second-order valence-corrected chi connectivity index (χ2v) is 6.25. The molecule has 1 atom stereocenters. The van der Waals surface area contributed by atoms with Crippen molar-refractivity contribution in [1.29, 1.82) is 0 Å². The highest BCUT2D eigenvalue weighted by Crippen LogP contribution is 2.29. The molecule has 0 radical (unpaired) electrons. The molecule has 0 saturated carbocycles. The van der Waals surface area contributed by atoms with Crippen molar-refractivity contribution < 1.29 is 14.6 Å². The fourth-order valence-corrected chi connectivity index (χ4v) is 2.76. The lowest BCUT2D eigenvalue weighted by atomic mass is 10.2. The summed E-state index contributed by atoms with van der Waals surface area (Å²) in [5, 5.41) is 19.1. The molecule has 0 saturated heterocycles. The molecule has 0 bridgehead atoms. The van der Waals surface area contributed by atoms with Crippen LogP contribution in [0.4, 0.5) is 0 Å². The molecule has 0 aliphatic heterocycles. The van der Waals surface area contributed by atoms with Gasteiger partial charge in [-0.25, -0.2) is 0 Å². The number of likely N-dealkylation sites (N-methyl/N-ethyl adjacent to an activating group) is 1. The van der Waals surface area contributed by atoms with E-state index in [-0.39, 0.29) is 6.61 Å². The van der Waals surface area contributed by atoms with E-state index in [0.717, 1.165) is 15.7 Å². The molecular weight excluding hydrogens is 286 g/mol. The Kier molecular flexibility index (Phi) is 5.87. The van der Waals surface area contributed by atoms with E-state index in [1.54, 1.807) is 11.8 Å². The van der Waals surface area contributed by atoms with Gasteiger partial charge < -0.3 is 14.6 Å². The Balaban J connectivity index is 1.90. The molecule has 0 aliphatic rings. The molecule has 2 aromatic rings. The zero-order valence-corrected chi connectivity index (χ0v) is 13.1. The third-order valence-corrected chi connectivity index (χ3v) is 3.96. The summed E-state index contributed by atoms with van der Waals surface area (Å²) in [7, 11) is 1.88. The third-order valence-electron chi connectivity index (χ3n) is 3.04. The van der Waals surface area contributed by atoms with E-state index in [1.165, 1.54) is 5.56 Å². The van der Waals surface area contributed by atoms with Gasteiger partial charge in [0.25, 0.3) is 0 Å². The number of rotatable bonds is 7. The molecule has 0 fully saturated rings. The smallest absolute Gasteiger partial charge is 0.165 e.